The van der Waals surface area contributed by atoms with Crippen molar-refractivity contribution in [2.75, 3.05) is 27.9 Å². The Balaban J connectivity index is 2.08. The number of hydrogen-bond donors (Lipinski definition) is 1. The second kappa shape index (κ2) is 6.08. The molecule has 2 aromatic rings. The van der Waals surface area contributed by atoms with Gasteiger partial charge in [0.2, 0.25) is 0 Å². The van der Waals surface area contributed by atoms with Gasteiger partial charge in [0.1, 0.15) is 5.92 Å². The molecule has 0 bridgehead atoms. The molecule has 2 unspecified atom stereocenters. The molecular formula is C20H21NO4. The maximum Gasteiger partial charge on any atom is 0.315 e. The van der Waals surface area contributed by atoms with Crippen LogP contribution in [0.1, 0.15) is 28.7 Å². The maximum atomic E-state index is 12.6. The molecular weight excluding hydrogens is 318 g/mol. The number of benzene rings is 2. The van der Waals surface area contributed by atoms with Crippen molar-refractivity contribution in [1.82, 2.24) is 5.32 Å². The third-order valence-electron chi connectivity index (χ3n) is 5.22. The number of fused-ring (bicyclic) bond motifs is 2. The summed E-state index contributed by atoms with van der Waals surface area (Å²) >= 11 is 0. The Hall–Kier alpha value is -2.53. The van der Waals surface area contributed by atoms with Crippen LogP contribution >= 0.6 is 0 Å². The normalized spacial score (nSPS) is 20.3. The summed E-state index contributed by atoms with van der Waals surface area (Å²) in [6.07, 6.45) is 0.884. The second-order valence-corrected chi connectivity index (χ2v) is 6.33. The monoisotopic (exact) mass is 339 g/mol. The first-order valence-corrected chi connectivity index (χ1v) is 8.39. The lowest BCUT2D eigenvalue weighted by Crippen LogP contribution is -2.39. The third-order valence-corrected chi connectivity index (χ3v) is 5.22. The van der Waals surface area contributed by atoms with Gasteiger partial charge in [0, 0.05) is 5.56 Å². The van der Waals surface area contributed by atoms with E-state index >= 15 is 0 Å². The molecule has 1 heterocycles. The topological polar surface area (TPSA) is 56.8 Å². The first-order chi connectivity index (χ1) is 12.2. The van der Waals surface area contributed by atoms with Crippen LogP contribution in [0.2, 0.25) is 0 Å². The maximum absolute atomic E-state index is 12.6. The Morgan fingerprint density at radius 1 is 1.16 bits per heavy atom. The highest BCUT2D eigenvalue weighted by molar-refractivity contribution is 5.91. The number of ether oxygens (including phenoxy) is 3. The molecule has 1 aliphatic carbocycles. The van der Waals surface area contributed by atoms with E-state index in [0.717, 1.165) is 41.0 Å². The summed E-state index contributed by atoms with van der Waals surface area (Å²) in [5, 5.41) is 3.51. The number of methoxy groups -OCH3 is 3. The first kappa shape index (κ1) is 16.0. The van der Waals surface area contributed by atoms with Gasteiger partial charge in [-0.15, -0.1) is 0 Å². The number of hydrogen-bond acceptors (Lipinski definition) is 5. The zero-order valence-corrected chi connectivity index (χ0v) is 14.6. The highest BCUT2D eigenvalue weighted by Gasteiger charge is 2.43. The van der Waals surface area contributed by atoms with Crippen LogP contribution in [-0.4, -0.2) is 33.8 Å². The molecule has 0 amide bonds. The predicted molar refractivity (Wildman–Crippen MR) is 94.2 cm³/mol. The van der Waals surface area contributed by atoms with E-state index in [0.29, 0.717) is 5.75 Å². The third kappa shape index (κ3) is 2.23. The van der Waals surface area contributed by atoms with Crippen LogP contribution in [0, 0.1) is 0 Å². The average molecular weight is 339 g/mol. The summed E-state index contributed by atoms with van der Waals surface area (Å²) < 4.78 is 16.4. The summed E-state index contributed by atoms with van der Waals surface area (Å²) in [7, 11) is 4.75. The molecule has 0 spiro atoms. The summed E-state index contributed by atoms with van der Waals surface area (Å²) in [6.45, 7) is 0.808. The van der Waals surface area contributed by atoms with Crippen LogP contribution in [0.3, 0.4) is 0 Å². The van der Waals surface area contributed by atoms with Crippen molar-refractivity contribution in [3.63, 3.8) is 0 Å². The molecule has 2 aliphatic rings. The van der Waals surface area contributed by atoms with Crippen LogP contribution in [0.25, 0.3) is 11.1 Å². The van der Waals surface area contributed by atoms with Gasteiger partial charge in [0.25, 0.3) is 0 Å². The van der Waals surface area contributed by atoms with Crippen LogP contribution in [0.5, 0.6) is 11.5 Å². The summed E-state index contributed by atoms with van der Waals surface area (Å²) in [6, 6.07) is 9.88. The standard InChI is InChI=1S/C20H21NO4/c1-23-14-10-11-8-9-21-18-15(11)16(19(14)24-2)12-6-4-5-7-13(12)17(18)20(22)25-3/h4-7,10,17-18,21H,8-9H2,1-3H3. The van der Waals surface area contributed by atoms with E-state index < -0.39 is 0 Å². The molecule has 0 fully saturated rings. The molecule has 2 atom stereocenters. The van der Waals surface area contributed by atoms with Gasteiger partial charge in [0.05, 0.1) is 27.4 Å². The zero-order chi connectivity index (χ0) is 17.6. The molecule has 5 nitrogen and oxygen atoms in total. The van der Waals surface area contributed by atoms with Gasteiger partial charge in [-0.25, -0.2) is 0 Å². The minimum Gasteiger partial charge on any atom is -0.493 e. The van der Waals surface area contributed by atoms with Crippen LogP contribution in [0.15, 0.2) is 30.3 Å². The molecule has 0 saturated heterocycles. The minimum atomic E-state index is -0.370. The molecule has 5 heteroatoms. The van der Waals surface area contributed by atoms with E-state index in [1.165, 1.54) is 12.7 Å². The number of nitrogens with one attached hydrogen (secondary N) is 1. The van der Waals surface area contributed by atoms with Crippen LogP contribution in [-0.2, 0) is 16.0 Å². The molecule has 0 radical (unpaired) electrons. The summed E-state index contributed by atoms with van der Waals surface area (Å²) in [5.74, 6) is 0.845. The molecule has 25 heavy (non-hydrogen) atoms. The Bertz CT molecular complexity index is 846. The Kier molecular flexibility index (Phi) is 3.88. The number of carbonyl (C=O) groups excluding carboxylic acids is 1. The number of rotatable bonds is 3. The van der Waals surface area contributed by atoms with Crippen molar-refractivity contribution in [3.8, 4) is 22.6 Å². The smallest absolute Gasteiger partial charge is 0.315 e. The highest BCUT2D eigenvalue weighted by Crippen LogP contribution is 2.54. The molecule has 4 rings (SSSR count). The van der Waals surface area contributed by atoms with Gasteiger partial charge < -0.3 is 19.5 Å². The Labute approximate surface area is 146 Å². The zero-order valence-electron chi connectivity index (χ0n) is 14.6. The highest BCUT2D eigenvalue weighted by atomic mass is 16.5. The van der Waals surface area contributed by atoms with Gasteiger partial charge in [-0.2, -0.15) is 0 Å². The molecule has 0 saturated carbocycles. The van der Waals surface area contributed by atoms with Crippen LogP contribution in [0.4, 0.5) is 0 Å². The van der Waals surface area contributed by atoms with E-state index in [9.17, 15) is 4.79 Å². The fourth-order valence-corrected chi connectivity index (χ4v) is 4.21. The van der Waals surface area contributed by atoms with E-state index in [-0.39, 0.29) is 17.9 Å². The quantitative estimate of drug-likeness (QED) is 0.872. The lowest BCUT2D eigenvalue weighted by molar-refractivity contribution is -0.143. The second-order valence-electron chi connectivity index (χ2n) is 6.33. The fourth-order valence-electron chi connectivity index (χ4n) is 4.21. The lowest BCUT2D eigenvalue weighted by Gasteiger charge is -2.39. The molecule has 1 aliphatic heterocycles. The SMILES string of the molecule is COC(=O)C1c2ccccc2-c2c(OC)c(OC)cc3c2C1NCC3. The minimum absolute atomic E-state index is 0.124. The number of esters is 1. The van der Waals surface area contributed by atoms with Crippen molar-refractivity contribution in [2.24, 2.45) is 0 Å². The molecule has 1 N–H and O–H groups in total. The van der Waals surface area contributed by atoms with Gasteiger partial charge >= 0.3 is 5.97 Å². The van der Waals surface area contributed by atoms with Gasteiger partial charge in [0.15, 0.2) is 11.5 Å². The fraction of sp³-hybridized carbons (Fsp3) is 0.350. The van der Waals surface area contributed by atoms with Crippen molar-refractivity contribution in [3.05, 3.63) is 47.0 Å². The van der Waals surface area contributed by atoms with Crippen molar-refractivity contribution < 1.29 is 19.0 Å². The van der Waals surface area contributed by atoms with Crippen molar-refractivity contribution in [2.45, 2.75) is 18.4 Å². The van der Waals surface area contributed by atoms with E-state index in [4.69, 9.17) is 14.2 Å². The predicted octanol–water partition coefficient (Wildman–Crippen LogP) is 2.83. The Morgan fingerprint density at radius 2 is 1.96 bits per heavy atom. The van der Waals surface area contributed by atoms with Gasteiger partial charge in [-0.3, -0.25) is 4.79 Å². The van der Waals surface area contributed by atoms with Crippen molar-refractivity contribution in [1.29, 1.82) is 0 Å². The summed E-state index contributed by atoms with van der Waals surface area (Å²) in [4.78, 5) is 12.6. The van der Waals surface area contributed by atoms with E-state index in [1.54, 1.807) is 14.2 Å². The van der Waals surface area contributed by atoms with Crippen LogP contribution < -0.4 is 14.8 Å². The van der Waals surface area contributed by atoms with Gasteiger partial charge in [-0.1, -0.05) is 24.3 Å². The van der Waals surface area contributed by atoms with Crippen molar-refractivity contribution >= 4 is 5.97 Å². The molecule has 130 valence electrons. The van der Waals surface area contributed by atoms with E-state index in [2.05, 4.69) is 5.32 Å². The van der Waals surface area contributed by atoms with Gasteiger partial charge in [-0.05, 0) is 41.3 Å². The van der Waals surface area contributed by atoms with E-state index in [1.807, 2.05) is 30.3 Å². The molecule has 2 aromatic carbocycles. The summed E-state index contributed by atoms with van der Waals surface area (Å²) in [5.41, 5.74) is 5.30. The lowest BCUT2D eigenvalue weighted by atomic mass is 9.71. The Morgan fingerprint density at radius 3 is 2.68 bits per heavy atom. The first-order valence-electron chi connectivity index (χ1n) is 8.39. The average Bonchev–Trinajstić information content (AvgIpc) is 2.67. The molecule has 0 aromatic heterocycles. The number of carbonyl (C=O) groups is 1. The largest absolute Gasteiger partial charge is 0.493 e.